The number of carbonyl (C=O) groups is 1. The van der Waals surface area contributed by atoms with Crippen molar-refractivity contribution in [2.45, 2.75) is 81.5 Å². The number of benzene rings is 2. The molecule has 2 aromatic carbocycles. The number of halogens is 2. The van der Waals surface area contributed by atoms with Gasteiger partial charge in [-0.25, -0.2) is 8.60 Å². The van der Waals surface area contributed by atoms with Gasteiger partial charge in [0.15, 0.2) is 0 Å². The Morgan fingerprint density at radius 2 is 2.00 bits per heavy atom. The minimum Gasteiger partial charge on any atom is -0.377 e. The SMILES string of the molecule is CCCc1c(C2CSc3ccc4cc3N(C2)CC2CCC2C(OC)/C(C)=C/CCC(C)S(=O)NC4=O)ccc(Cl)c1F. The molecular formula is C33H42ClFN2O3S2. The Bertz CT molecular complexity index is 1370. The van der Waals surface area contributed by atoms with E-state index in [1.807, 2.05) is 31.2 Å². The lowest BCUT2D eigenvalue weighted by atomic mass is 9.68. The zero-order valence-electron chi connectivity index (χ0n) is 25.0. The van der Waals surface area contributed by atoms with E-state index in [2.05, 4.69) is 29.5 Å². The quantitative estimate of drug-likeness (QED) is 0.350. The van der Waals surface area contributed by atoms with E-state index in [4.69, 9.17) is 16.3 Å². The fraction of sp³-hybridized carbons (Fsp3) is 0.545. The van der Waals surface area contributed by atoms with E-state index >= 15 is 4.39 Å². The summed E-state index contributed by atoms with van der Waals surface area (Å²) in [5, 5.41) is -0.000410. The highest BCUT2D eigenvalue weighted by molar-refractivity contribution is 7.99. The van der Waals surface area contributed by atoms with Crippen LogP contribution in [0.4, 0.5) is 10.1 Å². The fourth-order valence-corrected chi connectivity index (χ4v) is 8.91. The number of carbonyl (C=O) groups excluding carboxylic acids is 1. The van der Waals surface area contributed by atoms with Gasteiger partial charge in [0.2, 0.25) is 0 Å². The lowest BCUT2D eigenvalue weighted by Gasteiger charge is -2.45. The van der Waals surface area contributed by atoms with E-state index < -0.39 is 11.0 Å². The molecule has 1 fully saturated rings. The molecule has 6 atom stereocenters. The Labute approximate surface area is 261 Å². The van der Waals surface area contributed by atoms with Crippen molar-refractivity contribution in [3.63, 3.8) is 0 Å². The Balaban J connectivity index is 1.55. The molecule has 228 valence electrons. The molecule has 2 aliphatic heterocycles. The number of hydrogen-bond donors (Lipinski definition) is 1. The van der Waals surface area contributed by atoms with Crippen molar-refractivity contribution >= 4 is 45.9 Å². The highest BCUT2D eigenvalue weighted by Gasteiger charge is 2.40. The highest BCUT2D eigenvalue weighted by atomic mass is 35.5. The van der Waals surface area contributed by atoms with Crippen molar-refractivity contribution in [3.05, 3.63) is 69.5 Å². The van der Waals surface area contributed by atoms with E-state index in [9.17, 15) is 9.00 Å². The predicted octanol–water partition coefficient (Wildman–Crippen LogP) is 7.69. The van der Waals surface area contributed by atoms with Gasteiger partial charge < -0.3 is 9.64 Å². The molecule has 2 bridgehead atoms. The molecule has 5 rings (SSSR count). The molecule has 0 spiro atoms. The molecular weight excluding hydrogens is 591 g/mol. The maximum absolute atomic E-state index is 15.3. The van der Waals surface area contributed by atoms with Crippen LogP contribution in [0.5, 0.6) is 0 Å². The number of allylic oxidation sites excluding steroid dienone is 1. The number of amides is 1. The lowest BCUT2D eigenvalue weighted by molar-refractivity contribution is 0.00643. The van der Waals surface area contributed by atoms with Crippen LogP contribution < -0.4 is 9.62 Å². The van der Waals surface area contributed by atoms with Crippen molar-refractivity contribution in [3.8, 4) is 0 Å². The second-order valence-corrected chi connectivity index (χ2v) is 15.1. The number of thioether (sulfide) groups is 1. The van der Waals surface area contributed by atoms with Gasteiger partial charge >= 0.3 is 0 Å². The number of hydrogen-bond acceptors (Lipinski definition) is 5. The van der Waals surface area contributed by atoms with Crippen LogP contribution in [-0.4, -0.2) is 47.4 Å². The van der Waals surface area contributed by atoms with Crippen molar-refractivity contribution in [1.82, 2.24) is 4.72 Å². The lowest BCUT2D eigenvalue weighted by Crippen LogP contribution is -2.45. The van der Waals surface area contributed by atoms with Gasteiger partial charge in [0.05, 0.1) is 22.1 Å². The van der Waals surface area contributed by atoms with Crippen LogP contribution in [-0.2, 0) is 22.1 Å². The van der Waals surface area contributed by atoms with Crippen LogP contribution in [0.3, 0.4) is 0 Å². The minimum atomic E-state index is -1.49. The third kappa shape index (κ3) is 6.62. The summed E-state index contributed by atoms with van der Waals surface area (Å²) >= 11 is 7.98. The maximum atomic E-state index is 15.3. The van der Waals surface area contributed by atoms with Crippen molar-refractivity contribution < 1.29 is 18.1 Å². The maximum Gasteiger partial charge on any atom is 0.263 e. The molecule has 1 aliphatic carbocycles. The third-order valence-electron chi connectivity index (χ3n) is 9.24. The molecule has 1 saturated carbocycles. The van der Waals surface area contributed by atoms with Crippen LogP contribution >= 0.6 is 23.4 Å². The van der Waals surface area contributed by atoms with Gasteiger partial charge in [-0.05, 0) is 98.8 Å². The molecule has 0 aromatic heterocycles. The second kappa shape index (κ2) is 13.8. The molecule has 42 heavy (non-hydrogen) atoms. The first-order valence-corrected chi connectivity index (χ1v) is 17.7. The molecule has 6 unspecified atom stereocenters. The van der Waals surface area contributed by atoms with E-state index in [0.717, 1.165) is 60.5 Å². The van der Waals surface area contributed by atoms with E-state index in [0.29, 0.717) is 35.9 Å². The van der Waals surface area contributed by atoms with Gasteiger partial charge in [-0.3, -0.25) is 9.52 Å². The number of nitrogens with zero attached hydrogens (tertiary/aromatic N) is 1. The van der Waals surface area contributed by atoms with Gasteiger partial charge in [-0.1, -0.05) is 37.1 Å². The van der Waals surface area contributed by atoms with E-state index in [-0.39, 0.29) is 34.0 Å². The average Bonchev–Trinajstić information content (AvgIpc) is 3.14. The van der Waals surface area contributed by atoms with Gasteiger partial charge in [0, 0.05) is 42.3 Å². The van der Waals surface area contributed by atoms with Gasteiger partial charge in [-0.15, -0.1) is 11.8 Å². The number of nitrogens with one attached hydrogen (secondary N) is 1. The van der Waals surface area contributed by atoms with Crippen molar-refractivity contribution in [2.75, 3.05) is 30.9 Å². The molecule has 0 radical (unpaired) electrons. The summed E-state index contributed by atoms with van der Waals surface area (Å²) < 4.78 is 37.1. The smallest absolute Gasteiger partial charge is 0.263 e. The van der Waals surface area contributed by atoms with Gasteiger partial charge in [-0.2, -0.15) is 0 Å². The summed E-state index contributed by atoms with van der Waals surface area (Å²) in [6.45, 7) is 7.66. The van der Waals surface area contributed by atoms with Crippen LogP contribution in [0.15, 0.2) is 46.9 Å². The summed E-state index contributed by atoms with van der Waals surface area (Å²) in [5.74, 6) is 1.10. The third-order valence-corrected chi connectivity index (χ3v) is 12.1. The summed E-state index contributed by atoms with van der Waals surface area (Å²) in [4.78, 5) is 16.8. The van der Waals surface area contributed by atoms with Crippen LogP contribution in [0.25, 0.3) is 0 Å². The Morgan fingerprint density at radius 3 is 2.71 bits per heavy atom. The molecule has 2 heterocycles. The van der Waals surface area contributed by atoms with Crippen LogP contribution in [0, 0.1) is 17.7 Å². The number of anilines is 1. The Morgan fingerprint density at radius 1 is 1.19 bits per heavy atom. The topological polar surface area (TPSA) is 58.6 Å². The van der Waals surface area contributed by atoms with E-state index in [1.54, 1.807) is 24.9 Å². The minimum absolute atomic E-state index is 0.0432. The first-order chi connectivity index (χ1) is 20.2. The zero-order chi connectivity index (χ0) is 30.0. The zero-order valence-corrected chi connectivity index (χ0v) is 27.3. The molecule has 0 saturated heterocycles. The predicted molar refractivity (Wildman–Crippen MR) is 173 cm³/mol. The second-order valence-electron chi connectivity index (χ2n) is 12.0. The van der Waals surface area contributed by atoms with Crippen LogP contribution in [0.1, 0.15) is 80.3 Å². The highest BCUT2D eigenvalue weighted by Crippen LogP contribution is 2.45. The Kier molecular flexibility index (Phi) is 10.4. The van der Waals surface area contributed by atoms with Crippen molar-refractivity contribution in [2.24, 2.45) is 11.8 Å². The molecule has 1 N–H and O–H groups in total. The molecule has 2 aromatic rings. The van der Waals surface area contributed by atoms with E-state index in [1.165, 1.54) is 5.57 Å². The number of methoxy groups -OCH3 is 1. The molecule has 1 amide bonds. The normalized spacial score (nSPS) is 29.9. The molecule has 5 nitrogen and oxygen atoms in total. The first kappa shape index (κ1) is 31.6. The number of ether oxygens (including phenoxy) is 1. The van der Waals surface area contributed by atoms with Gasteiger partial charge in [0.25, 0.3) is 5.91 Å². The standard InChI is InChI=1S/C33H42ClFN2O3S2/c1-5-7-27-25(13-14-28(34)31(27)35)24-18-37-17-23-10-12-26(23)32(40-4)20(2)8-6-9-21(3)42(39)36-33(38)22-11-15-30(41-19-24)29(37)16-22/h8,11,13-16,21,23-24,26,32H,5-7,9-10,12,17-19H2,1-4H3,(H,36,38)/b20-8+. The largest absolute Gasteiger partial charge is 0.377 e. The molecule has 3 aliphatic rings. The monoisotopic (exact) mass is 632 g/mol. The average molecular weight is 633 g/mol. The number of rotatable bonds is 4. The number of fused-ring (bicyclic) bond motifs is 2. The Hall–Kier alpha value is -1.87. The summed E-state index contributed by atoms with van der Waals surface area (Å²) in [6, 6.07) is 9.49. The summed E-state index contributed by atoms with van der Waals surface area (Å²) in [6.07, 6.45) is 7.47. The molecule has 9 heteroatoms. The first-order valence-electron chi connectivity index (χ1n) is 15.1. The summed E-state index contributed by atoms with van der Waals surface area (Å²) in [5.41, 5.74) is 4.47. The summed E-state index contributed by atoms with van der Waals surface area (Å²) in [7, 11) is 0.308. The fourth-order valence-electron chi connectivity index (χ4n) is 6.71. The van der Waals surface area contributed by atoms with Gasteiger partial charge in [0.1, 0.15) is 16.8 Å². The van der Waals surface area contributed by atoms with Crippen molar-refractivity contribution in [1.29, 1.82) is 0 Å². The van der Waals surface area contributed by atoms with Crippen LogP contribution in [0.2, 0.25) is 5.02 Å².